The Morgan fingerprint density at radius 2 is 2.04 bits per heavy atom. The minimum atomic E-state index is -0.479. The van der Waals surface area contributed by atoms with Gasteiger partial charge in [0.1, 0.15) is 16.7 Å². The molecule has 8 heteroatoms. The molecule has 6 nitrogen and oxygen atoms in total. The minimum absolute atomic E-state index is 0.0727. The van der Waals surface area contributed by atoms with Gasteiger partial charge in [0.2, 0.25) is 0 Å². The van der Waals surface area contributed by atoms with Crippen molar-refractivity contribution in [2.75, 3.05) is 7.05 Å². The van der Waals surface area contributed by atoms with Crippen molar-refractivity contribution in [2.24, 2.45) is 0 Å². The number of hydrogen-bond donors (Lipinski definition) is 0. The first-order valence-corrected chi connectivity index (χ1v) is 9.26. The maximum atomic E-state index is 12.2. The van der Waals surface area contributed by atoms with E-state index >= 15 is 0 Å². The number of carbonyl (C=O) groups is 1. The molecule has 0 atom stereocenters. The number of nitrogens with zero attached hydrogens (tertiary/aromatic N) is 2. The average Bonchev–Trinajstić information content (AvgIpc) is 2.88. The number of aryl methyl sites for hydroxylation is 1. The van der Waals surface area contributed by atoms with Crippen LogP contribution in [-0.2, 0) is 11.4 Å². The van der Waals surface area contributed by atoms with Crippen molar-refractivity contribution in [3.05, 3.63) is 74.2 Å². The summed E-state index contributed by atoms with van der Waals surface area (Å²) in [6, 6.07) is 12.2. The van der Waals surface area contributed by atoms with E-state index in [1.807, 2.05) is 31.2 Å². The topological polar surface area (TPSA) is 72.7 Å². The highest BCUT2D eigenvalue weighted by molar-refractivity contribution is 8.26. The van der Waals surface area contributed by atoms with E-state index in [-0.39, 0.29) is 11.6 Å². The summed E-state index contributed by atoms with van der Waals surface area (Å²) < 4.78 is 6.35. The molecule has 2 aromatic rings. The molecule has 27 heavy (non-hydrogen) atoms. The number of amides is 1. The number of nitro benzene ring substituents is 1. The second-order valence-electron chi connectivity index (χ2n) is 5.94. The lowest BCUT2D eigenvalue weighted by Crippen LogP contribution is -2.22. The van der Waals surface area contributed by atoms with Gasteiger partial charge in [-0.25, -0.2) is 0 Å². The van der Waals surface area contributed by atoms with Crippen LogP contribution in [0.25, 0.3) is 6.08 Å². The fourth-order valence-corrected chi connectivity index (χ4v) is 3.68. The van der Waals surface area contributed by atoms with Gasteiger partial charge >= 0.3 is 0 Å². The van der Waals surface area contributed by atoms with Crippen LogP contribution in [0, 0.1) is 17.0 Å². The highest BCUT2D eigenvalue weighted by Gasteiger charge is 2.29. The molecule has 0 unspecified atom stereocenters. The molecule has 0 aliphatic carbocycles. The lowest BCUT2D eigenvalue weighted by molar-refractivity contribution is -0.384. The standard InChI is InChI=1S/C19H16N2O4S2/c1-12-5-3-4-6-13(12)11-25-16-8-7-15(21(23)24)9-14(16)10-17-18(22)20(2)19(26)27-17/h3-10H,11H2,1-2H3/b17-10+. The molecule has 0 N–H and O–H groups in total. The first kappa shape index (κ1) is 19.1. The van der Waals surface area contributed by atoms with Crippen LogP contribution in [0.15, 0.2) is 47.4 Å². The van der Waals surface area contributed by atoms with E-state index in [9.17, 15) is 14.9 Å². The zero-order valence-electron chi connectivity index (χ0n) is 14.7. The molecule has 0 saturated carbocycles. The number of ether oxygens (including phenoxy) is 1. The molecule has 1 fully saturated rings. The number of hydrogen-bond acceptors (Lipinski definition) is 6. The molecule has 1 amide bonds. The van der Waals surface area contributed by atoms with Crippen molar-refractivity contribution >= 4 is 46.0 Å². The first-order valence-electron chi connectivity index (χ1n) is 8.04. The van der Waals surface area contributed by atoms with E-state index in [2.05, 4.69) is 0 Å². The summed E-state index contributed by atoms with van der Waals surface area (Å²) in [5.41, 5.74) is 2.50. The van der Waals surface area contributed by atoms with Crippen molar-refractivity contribution in [3.8, 4) is 5.75 Å². The van der Waals surface area contributed by atoms with Crippen LogP contribution in [0.3, 0.4) is 0 Å². The normalized spacial score (nSPS) is 15.5. The number of carbonyl (C=O) groups excluding carboxylic acids is 1. The van der Waals surface area contributed by atoms with Crippen LogP contribution in [-0.4, -0.2) is 27.1 Å². The van der Waals surface area contributed by atoms with Crippen molar-refractivity contribution in [1.82, 2.24) is 4.90 Å². The van der Waals surface area contributed by atoms with Gasteiger partial charge < -0.3 is 4.74 Å². The van der Waals surface area contributed by atoms with Crippen molar-refractivity contribution < 1.29 is 14.5 Å². The van der Waals surface area contributed by atoms with Crippen molar-refractivity contribution in [3.63, 3.8) is 0 Å². The fraction of sp³-hybridized carbons (Fsp3) is 0.158. The molecule has 1 aliphatic heterocycles. The van der Waals surface area contributed by atoms with Crippen LogP contribution in [0.4, 0.5) is 5.69 Å². The zero-order chi connectivity index (χ0) is 19.6. The Hall–Kier alpha value is -2.71. The largest absolute Gasteiger partial charge is 0.488 e. The second kappa shape index (κ2) is 7.89. The second-order valence-corrected chi connectivity index (χ2v) is 7.61. The quantitative estimate of drug-likeness (QED) is 0.322. The van der Waals surface area contributed by atoms with Crippen molar-refractivity contribution in [2.45, 2.75) is 13.5 Å². The summed E-state index contributed by atoms with van der Waals surface area (Å²) in [4.78, 5) is 24.7. The van der Waals surface area contributed by atoms with Gasteiger partial charge in [-0.15, -0.1) is 0 Å². The lowest BCUT2D eigenvalue weighted by Gasteiger charge is -2.11. The molecule has 0 bridgehead atoms. The molecular weight excluding hydrogens is 384 g/mol. The van der Waals surface area contributed by atoms with Gasteiger partial charge in [-0.1, -0.05) is 48.2 Å². The lowest BCUT2D eigenvalue weighted by atomic mass is 10.1. The van der Waals surface area contributed by atoms with Gasteiger partial charge in [-0.05, 0) is 30.2 Å². The number of rotatable bonds is 5. The Bertz CT molecular complexity index is 972. The Morgan fingerprint density at radius 3 is 2.67 bits per heavy atom. The molecule has 1 heterocycles. The van der Waals surface area contributed by atoms with E-state index < -0.39 is 4.92 Å². The number of nitro groups is 1. The Morgan fingerprint density at radius 1 is 1.30 bits per heavy atom. The molecule has 0 aromatic heterocycles. The monoisotopic (exact) mass is 400 g/mol. The Labute approximate surface area is 166 Å². The van der Waals surface area contributed by atoms with E-state index in [0.29, 0.717) is 27.1 Å². The van der Waals surface area contributed by atoms with Crippen LogP contribution < -0.4 is 4.74 Å². The number of likely N-dealkylation sites (N-methyl/N-ethyl adjacent to an activating group) is 1. The van der Waals surface area contributed by atoms with Gasteiger partial charge in [0.15, 0.2) is 0 Å². The number of benzene rings is 2. The molecule has 0 spiro atoms. The summed E-state index contributed by atoms with van der Waals surface area (Å²) in [6.45, 7) is 2.31. The predicted molar refractivity (Wildman–Crippen MR) is 110 cm³/mol. The van der Waals surface area contributed by atoms with E-state index in [4.69, 9.17) is 17.0 Å². The maximum Gasteiger partial charge on any atom is 0.270 e. The molecule has 1 saturated heterocycles. The summed E-state index contributed by atoms with van der Waals surface area (Å²) in [5, 5.41) is 11.1. The Kier molecular flexibility index (Phi) is 5.57. The maximum absolute atomic E-state index is 12.2. The SMILES string of the molecule is Cc1ccccc1COc1ccc([N+](=O)[O-])cc1/C=C1/SC(=S)N(C)C1=O. The summed E-state index contributed by atoms with van der Waals surface area (Å²) in [7, 11) is 1.60. The molecule has 0 radical (unpaired) electrons. The summed E-state index contributed by atoms with van der Waals surface area (Å²) in [5.74, 6) is 0.228. The number of thiocarbonyl (C=S) groups is 1. The zero-order valence-corrected chi connectivity index (χ0v) is 16.3. The predicted octanol–water partition coefficient (Wildman–Crippen LogP) is 4.31. The summed E-state index contributed by atoms with van der Waals surface area (Å²) in [6.07, 6.45) is 1.59. The average molecular weight is 400 g/mol. The van der Waals surface area contributed by atoms with Crippen LogP contribution in [0.1, 0.15) is 16.7 Å². The third-order valence-electron chi connectivity index (χ3n) is 4.12. The molecule has 2 aromatic carbocycles. The molecule has 1 aliphatic rings. The van der Waals surface area contributed by atoms with E-state index in [0.717, 1.165) is 22.9 Å². The Balaban J connectivity index is 1.94. The number of non-ortho nitro benzene ring substituents is 1. The minimum Gasteiger partial charge on any atom is -0.488 e. The molecular formula is C19H16N2O4S2. The van der Waals surface area contributed by atoms with Crippen LogP contribution in [0.5, 0.6) is 5.75 Å². The molecule has 3 rings (SSSR count). The third-order valence-corrected chi connectivity index (χ3v) is 5.61. The third kappa shape index (κ3) is 4.17. The van der Waals surface area contributed by atoms with Gasteiger partial charge in [0.05, 0.1) is 9.83 Å². The first-order chi connectivity index (χ1) is 12.9. The summed E-state index contributed by atoms with van der Waals surface area (Å²) >= 11 is 6.29. The highest BCUT2D eigenvalue weighted by atomic mass is 32.2. The van der Waals surface area contributed by atoms with Gasteiger partial charge in [0.25, 0.3) is 11.6 Å². The van der Waals surface area contributed by atoms with Gasteiger partial charge in [0, 0.05) is 24.7 Å². The van der Waals surface area contributed by atoms with Crippen molar-refractivity contribution in [1.29, 1.82) is 0 Å². The van der Waals surface area contributed by atoms with E-state index in [1.54, 1.807) is 19.2 Å². The fourth-order valence-electron chi connectivity index (χ4n) is 2.51. The van der Waals surface area contributed by atoms with Gasteiger partial charge in [-0.3, -0.25) is 19.8 Å². The van der Waals surface area contributed by atoms with Crippen LogP contribution in [0.2, 0.25) is 0 Å². The number of thioether (sulfide) groups is 1. The van der Waals surface area contributed by atoms with E-state index in [1.165, 1.54) is 17.0 Å². The van der Waals surface area contributed by atoms with Crippen LogP contribution >= 0.6 is 24.0 Å². The highest BCUT2D eigenvalue weighted by Crippen LogP contribution is 2.34. The van der Waals surface area contributed by atoms with Gasteiger partial charge in [-0.2, -0.15) is 0 Å². The molecule has 138 valence electrons. The smallest absolute Gasteiger partial charge is 0.270 e.